The van der Waals surface area contributed by atoms with Crippen LogP contribution in [0.2, 0.25) is 0 Å². The van der Waals surface area contributed by atoms with Crippen molar-refractivity contribution in [3.63, 3.8) is 0 Å². The summed E-state index contributed by atoms with van der Waals surface area (Å²) in [5, 5.41) is 4.63. The molecule has 0 heterocycles. The summed E-state index contributed by atoms with van der Waals surface area (Å²) in [6, 6.07) is 29.0. The number of hydrogen-bond donors (Lipinski definition) is 0. The molecule has 3 heteroatoms. The van der Waals surface area contributed by atoms with E-state index in [1.54, 1.807) is 0 Å². The van der Waals surface area contributed by atoms with Gasteiger partial charge in [0.2, 0.25) is 0 Å². The van der Waals surface area contributed by atoms with Gasteiger partial charge in [0.25, 0.3) is 0 Å². The summed E-state index contributed by atoms with van der Waals surface area (Å²) in [6.45, 7) is 0. The SMILES string of the molecule is [Cl][Pd]([Cl])([c]1cccc2ccccc12)[c]1cccc2ccccc12. The molecule has 0 bridgehead atoms. The summed E-state index contributed by atoms with van der Waals surface area (Å²) in [7, 11) is 14.1. The average molecular weight is 432 g/mol. The van der Waals surface area contributed by atoms with Gasteiger partial charge in [0, 0.05) is 0 Å². The second-order valence-electron chi connectivity index (χ2n) is 5.22. The Labute approximate surface area is 146 Å². The van der Waals surface area contributed by atoms with Crippen molar-refractivity contribution < 1.29 is 13.5 Å². The van der Waals surface area contributed by atoms with Gasteiger partial charge in [-0.3, -0.25) is 0 Å². The maximum absolute atomic E-state index is 7.06. The van der Waals surface area contributed by atoms with Crippen LogP contribution in [0.1, 0.15) is 0 Å². The number of halogens is 2. The molecule has 0 aliphatic carbocycles. The van der Waals surface area contributed by atoms with E-state index in [0.29, 0.717) is 0 Å². The minimum absolute atomic E-state index is 1.06. The van der Waals surface area contributed by atoms with Crippen molar-refractivity contribution in [2.24, 2.45) is 0 Å². The van der Waals surface area contributed by atoms with Gasteiger partial charge in [0.1, 0.15) is 0 Å². The molecule has 0 saturated heterocycles. The molecule has 4 aromatic rings. The van der Waals surface area contributed by atoms with E-state index in [9.17, 15) is 0 Å². The zero-order valence-corrected chi connectivity index (χ0v) is 15.2. The van der Waals surface area contributed by atoms with Crippen molar-refractivity contribution in [2.75, 3.05) is 0 Å². The molecule has 118 valence electrons. The standard InChI is InChI=1S/2C10H7.2ClH.Pd/c2*1-2-6-10-8-4-3-7-9(10)5-1;;;/h2*1-7H;2*1H;/q;;;;+2/p-2. The van der Waals surface area contributed by atoms with Gasteiger partial charge in [-0.1, -0.05) is 0 Å². The van der Waals surface area contributed by atoms with Gasteiger partial charge in [0.05, 0.1) is 0 Å². The van der Waals surface area contributed by atoms with Crippen LogP contribution in [-0.2, 0) is 13.5 Å². The van der Waals surface area contributed by atoms with Crippen LogP contribution >= 0.6 is 19.1 Å². The van der Waals surface area contributed by atoms with Gasteiger partial charge in [-0.25, -0.2) is 0 Å². The topological polar surface area (TPSA) is 0 Å². The number of rotatable bonds is 2. The van der Waals surface area contributed by atoms with Crippen molar-refractivity contribution in [2.45, 2.75) is 0 Å². The van der Waals surface area contributed by atoms with Gasteiger partial charge < -0.3 is 0 Å². The quantitative estimate of drug-likeness (QED) is 0.373. The Hall–Kier alpha value is -1.36. The molecule has 0 nitrogen and oxygen atoms in total. The first-order valence-electron chi connectivity index (χ1n) is 7.20. The molecule has 0 aliphatic rings. The summed E-state index contributed by atoms with van der Waals surface area (Å²) in [5.74, 6) is 0. The average Bonchev–Trinajstić information content (AvgIpc) is 2.60. The molecule has 0 amide bonds. The molecule has 0 saturated carbocycles. The Bertz CT molecular complexity index is 916. The molecule has 0 aromatic heterocycles. The number of hydrogen-bond acceptors (Lipinski definition) is 0. The van der Waals surface area contributed by atoms with E-state index in [1.165, 1.54) is 10.8 Å². The summed E-state index contributed by atoms with van der Waals surface area (Å²) < 4.78 is 2.12. The molecule has 0 aliphatic heterocycles. The molecular weight excluding hydrogens is 418 g/mol. The van der Waals surface area contributed by atoms with Gasteiger partial charge in [-0.2, -0.15) is 0 Å². The minimum atomic E-state index is -2.98. The molecule has 0 unspecified atom stereocenters. The second-order valence-corrected chi connectivity index (χ2v) is 13.6. The first-order chi connectivity index (χ1) is 11.2. The molecule has 0 fully saturated rings. The van der Waals surface area contributed by atoms with Crippen LogP contribution in [0, 0.1) is 0 Å². The first-order valence-corrected chi connectivity index (χ1v) is 12.8. The van der Waals surface area contributed by atoms with Crippen LogP contribution in [0.25, 0.3) is 21.5 Å². The van der Waals surface area contributed by atoms with Gasteiger partial charge in [-0.05, 0) is 0 Å². The number of benzene rings is 4. The van der Waals surface area contributed by atoms with Gasteiger partial charge in [0.15, 0.2) is 0 Å². The van der Waals surface area contributed by atoms with E-state index in [0.717, 1.165) is 18.8 Å². The summed E-state index contributed by atoms with van der Waals surface area (Å²) >= 11 is -2.98. The fourth-order valence-electron chi connectivity index (χ4n) is 2.77. The zero-order chi connectivity index (χ0) is 15.9. The van der Waals surface area contributed by atoms with Crippen molar-refractivity contribution >= 4 is 48.7 Å². The Morgan fingerprint density at radius 3 is 1.35 bits per heavy atom. The molecule has 0 spiro atoms. The predicted octanol–water partition coefficient (Wildman–Crippen LogP) is 5.41. The first kappa shape index (κ1) is 15.2. The van der Waals surface area contributed by atoms with Crippen LogP contribution in [0.3, 0.4) is 0 Å². The predicted molar refractivity (Wildman–Crippen MR) is 98.9 cm³/mol. The molecule has 4 aromatic carbocycles. The third-order valence-corrected chi connectivity index (χ3v) is 10.4. The van der Waals surface area contributed by atoms with Crippen LogP contribution in [0.4, 0.5) is 0 Å². The Morgan fingerprint density at radius 1 is 0.478 bits per heavy atom. The fourth-order valence-corrected chi connectivity index (χ4v) is 8.40. The van der Waals surface area contributed by atoms with Gasteiger partial charge >= 0.3 is 147 Å². The maximum atomic E-state index is 7.06. The Kier molecular flexibility index (Phi) is 3.92. The Balaban J connectivity index is 2.02. The van der Waals surface area contributed by atoms with Crippen molar-refractivity contribution in [3.05, 3.63) is 84.9 Å². The molecule has 4 rings (SSSR count). The van der Waals surface area contributed by atoms with E-state index in [2.05, 4.69) is 48.5 Å². The van der Waals surface area contributed by atoms with Crippen molar-refractivity contribution in [3.8, 4) is 0 Å². The second kappa shape index (κ2) is 5.93. The number of fused-ring (bicyclic) bond motifs is 2. The van der Waals surface area contributed by atoms with E-state index in [4.69, 9.17) is 19.1 Å². The fraction of sp³-hybridized carbons (Fsp3) is 0. The summed E-state index contributed by atoms with van der Waals surface area (Å²) in [6.07, 6.45) is 0. The van der Waals surface area contributed by atoms with Gasteiger partial charge in [-0.15, -0.1) is 0 Å². The molecule has 0 radical (unpaired) electrons. The monoisotopic (exact) mass is 430 g/mol. The summed E-state index contributed by atoms with van der Waals surface area (Å²) in [4.78, 5) is 0. The van der Waals surface area contributed by atoms with Crippen LogP contribution in [0.5, 0.6) is 0 Å². The van der Waals surface area contributed by atoms with E-state index >= 15 is 0 Å². The van der Waals surface area contributed by atoms with Crippen molar-refractivity contribution in [1.82, 2.24) is 0 Å². The zero-order valence-electron chi connectivity index (χ0n) is 12.2. The van der Waals surface area contributed by atoms with Crippen LogP contribution in [0.15, 0.2) is 84.9 Å². The third kappa shape index (κ3) is 2.59. The van der Waals surface area contributed by atoms with Crippen LogP contribution < -0.4 is 8.07 Å². The Morgan fingerprint density at radius 2 is 0.870 bits per heavy atom. The van der Waals surface area contributed by atoms with E-state index in [1.807, 2.05) is 36.4 Å². The van der Waals surface area contributed by atoms with Crippen molar-refractivity contribution in [1.29, 1.82) is 0 Å². The third-order valence-electron chi connectivity index (χ3n) is 3.85. The normalized spacial score (nSPS) is 12.6. The molecule has 23 heavy (non-hydrogen) atoms. The molecule has 0 atom stereocenters. The summed E-state index contributed by atoms with van der Waals surface area (Å²) in [5.41, 5.74) is 0. The van der Waals surface area contributed by atoms with E-state index < -0.39 is 13.5 Å². The van der Waals surface area contributed by atoms with Crippen LogP contribution in [-0.4, -0.2) is 0 Å². The molecule has 0 N–H and O–H groups in total. The van der Waals surface area contributed by atoms with E-state index in [-0.39, 0.29) is 0 Å². The molecular formula is C20H14Cl2Pd.